The number of aryl methyl sites for hydroxylation is 1. The van der Waals surface area contributed by atoms with Crippen molar-refractivity contribution in [2.75, 3.05) is 76.4 Å². The van der Waals surface area contributed by atoms with Crippen molar-refractivity contribution in [3.05, 3.63) is 71.1 Å². The van der Waals surface area contributed by atoms with E-state index in [0.717, 1.165) is 81.8 Å². The molecular formula is C29H39N5O3. The van der Waals surface area contributed by atoms with Gasteiger partial charge in [-0.25, -0.2) is 0 Å². The summed E-state index contributed by atoms with van der Waals surface area (Å²) in [6.45, 7) is 11.9. The van der Waals surface area contributed by atoms with Gasteiger partial charge in [0.05, 0.1) is 32.6 Å². The second kappa shape index (κ2) is 12.0. The van der Waals surface area contributed by atoms with Crippen LogP contribution in [0.3, 0.4) is 0 Å². The van der Waals surface area contributed by atoms with Gasteiger partial charge in [-0.1, -0.05) is 24.3 Å². The SMILES string of the molecule is COc1cccc(CN(Cc2ccc(N3CCN(C)CC3)cc2)c2nc(C)c(CN3CCOCC3)o2)c1. The first-order chi connectivity index (χ1) is 18.1. The second-order valence-corrected chi connectivity index (χ2v) is 10.1. The zero-order valence-electron chi connectivity index (χ0n) is 22.4. The summed E-state index contributed by atoms with van der Waals surface area (Å²) < 4.78 is 17.4. The van der Waals surface area contributed by atoms with Crippen molar-refractivity contribution >= 4 is 11.7 Å². The molecule has 37 heavy (non-hydrogen) atoms. The zero-order chi connectivity index (χ0) is 25.6. The first-order valence-electron chi connectivity index (χ1n) is 13.2. The molecule has 198 valence electrons. The molecule has 8 nitrogen and oxygen atoms in total. The van der Waals surface area contributed by atoms with Crippen LogP contribution in [0.25, 0.3) is 0 Å². The maximum Gasteiger partial charge on any atom is 0.298 e. The van der Waals surface area contributed by atoms with Crippen LogP contribution >= 0.6 is 0 Å². The predicted octanol–water partition coefficient (Wildman–Crippen LogP) is 3.78. The quantitative estimate of drug-likeness (QED) is 0.436. The summed E-state index contributed by atoms with van der Waals surface area (Å²) in [4.78, 5) is 14.3. The molecule has 0 bridgehead atoms. The Bertz CT molecular complexity index is 1130. The number of oxazole rings is 1. The molecule has 2 saturated heterocycles. The monoisotopic (exact) mass is 505 g/mol. The van der Waals surface area contributed by atoms with Crippen LogP contribution in [0.4, 0.5) is 11.7 Å². The normalized spacial score (nSPS) is 17.2. The minimum Gasteiger partial charge on any atom is -0.497 e. The van der Waals surface area contributed by atoms with Gasteiger partial charge in [-0.15, -0.1) is 0 Å². The largest absolute Gasteiger partial charge is 0.497 e. The highest BCUT2D eigenvalue weighted by Crippen LogP contribution is 2.26. The summed E-state index contributed by atoms with van der Waals surface area (Å²) >= 11 is 0. The van der Waals surface area contributed by atoms with Gasteiger partial charge in [0.1, 0.15) is 11.5 Å². The van der Waals surface area contributed by atoms with Gasteiger partial charge < -0.3 is 28.6 Å². The van der Waals surface area contributed by atoms with E-state index in [2.05, 4.69) is 63.0 Å². The van der Waals surface area contributed by atoms with E-state index in [1.165, 1.54) is 11.3 Å². The van der Waals surface area contributed by atoms with Crippen LogP contribution in [0, 0.1) is 6.92 Å². The van der Waals surface area contributed by atoms with E-state index in [4.69, 9.17) is 18.9 Å². The third-order valence-electron chi connectivity index (χ3n) is 7.31. The van der Waals surface area contributed by atoms with Crippen molar-refractivity contribution in [3.8, 4) is 5.75 Å². The van der Waals surface area contributed by atoms with E-state index in [1.54, 1.807) is 7.11 Å². The van der Waals surface area contributed by atoms with Crippen LogP contribution < -0.4 is 14.5 Å². The standard InChI is InChI=1S/C29H39N5O3/c1-23-28(22-32-15-17-36-18-16-32)37-29(30-23)34(21-25-5-4-6-27(19-25)35-3)20-24-7-9-26(10-8-24)33-13-11-31(2)12-14-33/h4-10,19H,11-18,20-22H2,1-3H3. The predicted molar refractivity (Wildman–Crippen MR) is 146 cm³/mol. The van der Waals surface area contributed by atoms with Gasteiger partial charge in [0.15, 0.2) is 0 Å². The molecule has 0 saturated carbocycles. The summed E-state index contributed by atoms with van der Waals surface area (Å²) in [7, 11) is 3.89. The molecule has 8 heteroatoms. The van der Waals surface area contributed by atoms with E-state index < -0.39 is 0 Å². The summed E-state index contributed by atoms with van der Waals surface area (Å²) in [6.07, 6.45) is 0. The summed E-state index contributed by atoms with van der Waals surface area (Å²) in [5, 5.41) is 0. The highest BCUT2D eigenvalue weighted by Gasteiger charge is 2.21. The first-order valence-corrected chi connectivity index (χ1v) is 13.2. The smallest absolute Gasteiger partial charge is 0.298 e. The molecule has 0 amide bonds. The minimum absolute atomic E-state index is 0.659. The number of hydrogen-bond acceptors (Lipinski definition) is 8. The fourth-order valence-electron chi connectivity index (χ4n) is 4.94. The van der Waals surface area contributed by atoms with Crippen molar-refractivity contribution in [2.45, 2.75) is 26.6 Å². The van der Waals surface area contributed by atoms with Gasteiger partial charge in [-0.05, 0) is 49.4 Å². The van der Waals surface area contributed by atoms with E-state index in [1.807, 2.05) is 19.1 Å². The second-order valence-electron chi connectivity index (χ2n) is 10.1. The third kappa shape index (κ3) is 6.63. The number of anilines is 2. The van der Waals surface area contributed by atoms with Gasteiger partial charge in [0.2, 0.25) is 0 Å². The molecule has 0 radical (unpaired) electrons. The Hall–Kier alpha value is -3.07. The number of likely N-dealkylation sites (N-methyl/N-ethyl adjacent to an activating group) is 1. The van der Waals surface area contributed by atoms with Crippen molar-refractivity contribution in [3.63, 3.8) is 0 Å². The van der Waals surface area contributed by atoms with Gasteiger partial charge in [0.25, 0.3) is 6.01 Å². The molecule has 0 spiro atoms. The van der Waals surface area contributed by atoms with Gasteiger partial charge in [-0.3, -0.25) is 4.90 Å². The van der Waals surface area contributed by atoms with Crippen molar-refractivity contribution < 1.29 is 13.9 Å². The number of hydrogen-bond donors (Lipinski definition) is 0. The van der Waals surface area contributed by atoms with Gasteiger partial charge in [-0.2, -0.15) is 4.98 Å². The number of rotatable bonds is 9. The van der Waals surface area contributed by atoms with Crippen LogP contribution in [0.15, 0.2) is 52.9 Å². The maximum atomic E-state index is 6.40. The number of ether oxygens (including phenoxy) is 2. The van der Waals surface area contributed by atoms with Crippen molar-refractivity contribution in [1.29, 1.82) is 0 Å². The number of nitrogens with zero attached hydrogens (tertiary/aromatic N) is 5. The Morgan fingerprint density at radius 2 is 1.65 bits per heavy atom. The van der Waals surface area contributed by atoms with Crippen LogP contribution in [-0.4, -0.2) is 81.4 Å². The molecule has 2 fully saturated rings. The van der Waals surface area contributed by atoms with E-state index >= 15 is 0 Å². The Balaban J connectivity index is 1.35. The molecule has 5 rings (SSSR count). The molecule has 2 aromatic carbocycles. The Morgan fingerprint density at radius 3 is 2.38 bits per heavy atom. The molecule has 3 aromatic rings. The number of aromatic nitrogens is 1. The summed E-state index contributed by atoms with van der Waals surface area (Å²) in [5.74, 6) is 1.78. The molecule has 2 aliphatic rings. The number of piperazine rings is 1. The van der Waals surface area contributed by atoms with E-state index in [-0.39, 0.29) is 0 Å². The lowest BCUT2D eigenvalue weighted by Crippen LogP contribution is -2.44. The van der Waals surface area contributed by atoms with E-state index in [0.29, 0.717) is 19.1 Å². The van der Waals surface area contributed by atoms with Gasteiger partial charge in [0, 0.05) is 58.0 Å². The average molecular weight is 506 g/mol. The number of benzene rings is 2. The van der Waals surface area contributed by atoms with Gasteiger partial charge >= 0.3 is 0 Å². The average Bonchev–Trinajstić information content (AvgIpc) is 3.29. The molecule has 0 aliphatic carbocycles. The maximum absolute atomic E-state index is 6.40. The molecule has 3 heterocycles. The molecule has 0 atom stereocenters. The van der Waals surface area contributed by atoms with Crippen molar-refractivity contribution in [1.82, 2.24) is 14.8 Å². The van der Waals surface area contributed by atoms with Crippen LogP contribution in [0.5, 0.6) is 5.75 Å². The van der Waals surface area contributed by atoms with E-state index in [9.17, 15) is 0 Å². The molecule has 0 N–H and O–H groups in total. The molecular weight excluding hydrogens is 466 g/mol. The first kappa shape index (κ1) is 25.6. The Morgan fingerprint density at radius 1 is 0.919 bits per heavy atom. The highest BCUT2D eigenvalue weighted by molar-refractivity contribution is 5.49. The molecule has 1 aromatic heterocycles. The summed E-state index contributed by atoms with van der Waals surface area (Å²) in [6, 6.07) is 17.8. The Labute approximate surface area is 220 Å². The number of methoxy groups -OCH3 is 1. The summed E-state index contributed by atoms with van der Waals surface area (Å²) in [5.41, 5.74) is 4.61. The van der Waals surface area contributed by atoms with Crippen LogP contribution in [-0.2, 0) is 24.4 Å². The lowest BCUT2D eigenvalue weighted by molar-refractivity contribution is 0.0313. The zero-order valence-corrected chi connectivity index (χ0v) is 22.4. The molecule has 2 aliphatic heterocycles. The van der Waals surface area contributed by atoms with Crippen LogP contribution in [0.2, 0.25) is 0 Å². The molecule has 0 unspecified atom stereocenters. The topological polar surface area (TPSA) is 57.5 Å². The Kier molecular flexibility index (Phi) is 8.28. The van der Waals surface area contributed by atoms with Crippen molar-refractivity contribution in [2.24, 2.45) is 0 Å². The fourth-order valence-corrected chi connectivity index (χ4v) is 4.94. The minimum atomic E-state index is 0.659. The lowest BCUT2D eigenvalue weighted by atomic mass is 10.1. The lowest BCUT2D eigenvalue weighted by Gasteiger charge is -2.34. The van der Waals surface area contributed by atoms with Crippen LogP contribution in [0.1, 0.15) is 22.6 Å². The number of morpholine rings is 1. The highest BCUT2D eigenvalue weighted by atomic mass is 16.5. The third-order valence-corrected chi connectivity index (χ3v) is 7.31. The fraction of sp³-hybridized carbons (Fsp3) is 0.483.